The summed E-state index contributed by atoms with van der Waals surface area (Å²) in [6.45, 7) is 3.99. The predicted molar refractivity (Wildman–Crippen MR) is 70.7 cm³/mol. The van der Waals surface area contributed by atoms with E-state index in [2.05, 4.69) is 47.2 Å². The highest BCUT2D eigenvalue weighted by atomic mass is 79.9. The molecule has 1 unspecified atom stereocenters. The standard InChI is InChI=1S/C12H19BrN2O/c1-9(8-15(2)3)14-7-10-4-5-12(16)11(13)6-10/h4-6,9,14,16H,7-8H2,1-3H3. The lowest BCUT2D eigenvalue weighted by atomic mass is 10.2. The van der Waals surface area contributed by atoms with Gasteiger partial charge in [0.25, 0.3) is 0 Å². The van der Waals surface area contributed by atoms with Gasteiger partial charge in [-0.1, -0.05) is 6.07 Å². The average Bonchev–Trinajstić information content (AvgIpc) is 2.19. The van der Waals surface area contributed by atoms with Crippen molar-refractivity contribution in [3.05, 3.63) is 28.2 Å². The van der Waals surface area contributed by atoms with Gasteiger partial charge in [0.2, 0.25) is 0 Å². The van der Waals surface area contributed by atoms with Gasteiger partial charge in [0, 0.05) is 19.1 Å². The number of halogens is 1. The fourth-order valence-corrected chi connectivity index (χ4v) is 1.99. The first-order valence-corrected chi connectivity index (χ1v) is 6.14. The maximum Gasteiger partial charge on any atom is 0.129 e. The smallest absolute Gasteiger partial charge is 0.129 e. The van der Waals surface area contributed by atoms with E-state index in [0.29, 0.717) is 6.04 Å². The van der Waals surface area contributed by atoms with Crippen molar-refractivity contribution in [2.75, 3.05) is 20.6 Å². The van der Waals surface area contributed by atoms with Gasteiger partial charge in [-0.25, -0.2) is 0 Å². The lowest BCUT2D eigenvalue weighted by Crippen LogP contribution is -2.35. The van der Waals surface area contributed by atoms with Crippen LogP contribution in [0.1, 0.15) is 12.5 Å². The van der Waals surface area contributed by atoms with Gasteiger partial charge < -0.3 is 15.3 Å². The summed E-state index contributed by atoms with van der Waals surface area (Å²) < 4.78 is 0.743. The van der Waals surface area contributed by atoms with Crippen LogP contribution in [0.5, 0.6) is 5.75 Å². The molecule has 1 aromatic carbocycles. The predicted octanol–water partition coefficient (Wildman–Crippen LogP) is 2.19. The Balaban J connectivity index is 2.45. The topological polar surface area (TPSA) is 35.5 Å². The van der Waals surface area contributed by atoms with E-state index in [1.54, 1.807) is 6.07 Å². The second-order valence-electron chi connectivity index (χ2n) is 4.33. The van der Waals surface area contributed by atoms with Crippen molar-refractivity contribution in [2.24, 2.45) is 0 Å². The molecule has 0 saturated heterocycles. The van der Waals surface area contributed by atoms with Gasteiger partial charge in [-0.15, -0.1) is 0 Å². The van der Waals surface area contributed by atoms with Crippen molar-refractivity contribution in [2.45, 2.75) is 19.5 Å². The number of benzene rings is 1. The molecule has 1 atom stereocenters. The SMILES string of the molecule is CC(CN(C)C)NCc1ccc(O)c(Br)c1. The molecular weight excluding hydrogens is 268 g/mol. The van der Waals surface area contributed by atoms with Crippen LogP contribution >= 0.6 is 15.9 Å². The molecule has 4 heteroatoms. The van der Waals surface area contributed by atoms with E-state index >= 15 is 0 Å². The van der Waals surface area contributed by atoms with Crippen LogP contribution in [0.15, 0.2) is 22.7 Å². The molecule has 3 nitrogen and oxygen atoms in total. The molecule has 0 heterocycles. The van der Waals surface area contributed by atoms with E-state index in [9.17, 15) is 5.11 Å². The normalized spacial score (nSPS) is 13.1. The summed E-state index contributed by atoms with van der Waals surface area (Å²) in [4.78, 5) is 2.16. The summed E-state index contributed by atoms with van der Waals surface area (Å²) in [6.07, 6.45) is 0. The van der Waals surface area contributed by atoms with Gasteiger partial charge in [-0.3, -0.25) is 0 Å². The molecule has 0 fully saturated rings. The van der Waals surface area contributed by atoms with Crippen molar-refractivity contribution in [3.63, 3.8) is 0 Å². The first-order valence-electron chi connectivity index (χ1n) is 5.34. The van der Waals surface area contributed by atoms with Crippen LogP contribution in [-0.2, 0) is 6.54 Å². The lowest BCUT2D eigenvalue weighted by Gasteiger charge is -2.18. The highest BCUT2D eigenvalue weighted by Gasteiger charge is 2.04. The summed E-state index contributed by atoms with van der Waals surface area (Å²) in [5, 5.41) is 12.8. The van der Waals surface area contributed by atoms with Crippen LogP contribution in [0.2, 0.25) is 0 Å². The average molecular weight is 287 g/mol. The van der Waals surface area contributed by atoms with E-state index in [0.717, 1.165) is 23.1 Å². The Morgan fingerprint density at radius 2 is 2.12 bits per heavy atom. The molecule has 0 bridgehead atoms. The van der Waals surface area contributed by atoms with Crippen LogP contribution in [0, 0.1) is 0 Å². The lowest BCUT2D eigenvalue weighted by molar-refractivity contribution is 0.349. The number of rotatable bonds is 5. The zero-order valence-corrected chi connectivity index (χ0v) is 11.6. The van der Waals surface area contributed by atoms with E-state index in [1.807, 2.05) is 12.1 Å². The highest BCUT2D eigenvalue weighted by Crippen LogP contribution is 2.24. The zero-order valence-electron chi connectivity index (χ0n) is 10.00. The summed E-state index contributed by atoms with van der Waals surface area (Å²) in [6, 6.07) is 6.01. The third-order valence-corrected chi connectivity index (χ3v) is 2.94. The van der Waals surface area contributed by atoms with Crippen molar-refractivity contribution in [1.29, 1.82) is 0 Å². The largest absolute Gasteiger partial charge is 0.507 e. The molecule has 0 aliphatic rings. The molecule has 0 aliphatic heterocycles. The van der Waals surface area contributed by atoms with Gasteiger partial charge in [0.15, 0.2) is 0 Å². The van der Waals surface area contributed by atoms with Crippen molar-refractivity contribution in [1.82, 2.24) is 10.2 Å². The molecule has 0 aliphatic carbocycles. The molecule has 2 N–H and O–H groups in total. The van der Waals surface area contributed by atoms with Crippen LogP contribution in [0.25, 0.3) is 0 Å². The van der Waals surface area contributed by atoms with E-state index < -0.39 is 0 Å². The molecule has 90 valence electrons. The molecule has 0 saturated carbocycles. The van der Waals surface area contributed by atoms with Crippen LogP contribution in [-0.4, -0.2) is 36.7 Å². The first kappa shape index (κ1) is 13.5. The Labute approximate surface area is 106 Å². The second kappa shape index (κ2) is 6.23. The Bertz CT molecular complexity index is 342. The third kappa shape index (κ3) is 4.51. The summed E-state index contributed by atoms with van der Waals surface area (Å²) >= 11 is 3.31. The number of phenols is 1. The summed E-state index contributed by atoms with van der Waals surface area (Å²) in [5.41, 5.74) is 1.16. The Morgan fingerprint density at radius 1 is 1.44 bits per heavy atom. The van der Waals surface area contributed by atoms with Crippen LogP contribution < -0.4 is 5.32 Å². The monoisotopic (exact) mass is 286 g/mol. The minimum Gasteiger partial charge on any atom is -0.507 e. The number of aromatic hydroxyl groups is 1. The van der Waals surface area contributed by atoms with Gasteiger partial charge >= 0.3 is 0 Å². The molecule has 0 amide bonds. The van der Waals surface area contributed by atoms with Gasteiger partial charge in [-0.05, 0) is 54.6 Å². The molecule has 1 rings (SSSR count). The molecule has 1 aromatic rings. The second-order valence-corrected chi connectivity index (χ2v) is 5.18. The first-order chi connectivity index (χ1) is 7.49. The van der Waals surface area contributed by atoms with Crippen molar-refractivity contribution >= 4 is 15.9 Å². The van der Waals surface area contributed by atoms with Gasteiger partial charge in [0.05, 0.1) is 4.47 Å². The maximum absolute atomic E-state index is 9.37. The van der Waals surface area contributed by atoms with E-state index in [4.69, 9.17) is 0 Å². The van der Waals surface area contributed by atoms with Gasteiger partial charge in [-0.2, -0.15) is 0 Å². The number of nitrogens with zero attached hydrogens (tertiary/aromatic N) is 1. The number of phenolic OH excluding ortho intramolecular Hbond substituents is 1. The number of hydrogen-bond donors (Lipinski definition) is 2. The van der Waals surface area contributed by atoms with Gasteiger partial charge in [0.1, 0.15) is 5.75 Å². The summed E-state index contributed by atoms with van der Waals surface area (Å²) in [5.74, 6) is 0.282. The molecule has 0 spiro atoms. The number of hydrogen-bond acceptors (Lipinski definition) is 3. The number of likely N-dealkylation sites (N-methyl/N-ethyl adjacent to an activating group) is 1. The quantitative estimate of drug-likeness (QED) is 0.871. The van der Waals surface area contributed by atoms with Crippen molar-refractivity contribution in [3.8, 4) is 5.75 Å². The summed E-state index contributed by atoms with van der Waals surface area (Å²) in [7, 11) is 4.13. The Kier molecular flexibility index (Phi) is 5.25. The minimum atomic E-state index is 0.282. The Morgan fingerprint density at radius 3 is 2.69 bits per heavy atom. The van der Waals surface area contributed by atoms with Crippen molar-refractivity contribution < 1.29 is 5.11 Å². The minimum absolute atomic E-state index is 0.282. The zero-order chi connectivity index (χ0) is 12.1. The highest BCUT2D eigenvalue weighted by molar-refractivity contribution is 9.10. The molecule has 0 radical (unpaired) electrons. The molecule has 16 heavy (non-hydrogen) atoms. The maximum atomic E-state index is 9.37. The van der Waals surface area contributed by atoms with Crippen LogP contribution in [0.4, 0.5) is 0 Å². The van der Waals surface area contributed by atoms with E-state index in [1.165, 1.54) is 0 Å². The van der Waals surface area contributed by atoms with E-state index in [-0.39, 0.29) is 5.75 Å². The van der Waals surface area contributed by atoms with Crippen LogP contribution in [0.3, 0.4) is 0 Å². The third-order valence-electron chi connectivity index (χ3n) is 2.31. The molecular formula is C12H19BrN2O. The number of nitrogens with one attached hydrogen (secondary N) is 1. The fourth-order valence-electron chi connectivity index (χ4n) is 1.56. The fraction of sp³-hybridized carbons (Fsp3) is 0.500. The Hall–Kier alpha value is -0.580. The molecule has 0 aromatic heterocycles.